The summed E-state index contributed by atoms with van der Waals surface area (Å²) in [7, 11) is -3.54. The van der Waals surface area contributed by atoms with E-state index < -0.39 is 10.0 Å². The molecule has 3 heterocycles. The maximum absolute atomic E-state index is 12.9. The van der Waals surface area contributed by atoms with Gasteiger partial charge >= 0.3 is 0 Å². The molecule has 0 spiro atoms. The summed E-state index contributed by atoms with van der Waals surface area (Å²) < 4.78 is 34.8. The van der Waals surface area contributed by atoms with E-state index in [1.54, 1.807) is 18.2 Å². The van der Waals surface area contributed by atoms with Crippen molar-refractivity contribution < 1.29 is 12.9 Å². The third kappa shape index (κ3) is 2.91. The normalized spacial score (nSPS) is 22.0. The molecule has 2 aromatic heterocycles. The summed E-state index contributed by atoms with van der Waals surface area (Å²) in [5.74, 6) is 1.76. The van der Waals surface area contributed by atoms with Gasteiger partial charge in [0.2, 0.25) is 10.0 Å². The van der Waals surface area contributed by atoms with Gasteiger partial charge in [-0.1, -0.05) is 5.16 Å². The van der Waals surface area contributed by atoms with Crippen LogP contribution in [0.25, 0.3) is 0 Å². The van der Waals surface area contributed by atoms with Crippen molar-refractivity contribution in [3.63, 3.8) is 0 Å². The van der Waals surface area contributed by atoms with E-state index in [0.717, 1.165) is 18.7 Å². The molecule has 1 aliphatic carbocycles. The van der Waals surface area contributed by atoms with Crippen LogP contribution in [0.3, 0.4) is 0 Å². The highest BCUT2D eigenvalue weighted by Crippen LogP contribution is 2.38. The van der Waals surface area contributed by atoms with Gasteiger partial charge < -0.3 is 9.09 Å². The highest BCUT2D eigenvalue weighted by molar-refractivity contribution is 7.89. The van der Waals surface area contributed by atoms with Crippen molar-refractivity contribution in [1.29, 1.82) is 0 Å². The Morgan fingerprint density at radius 2 is 2.00 bits per heavy atom. The Morgan fingerprint density at radius 1 is 1.24 bits per heavy atom. The molecule has 1 saturated heterocycles. The van der Waals surface area contributed by atoms with Gasteiger partial charge in [-0.3, -0.25) is 0 Å². The first-order valence-electron chi connectivity index (χ1n) is 8.83. The Labute approximate surface area is 148 Å². The van der Waals surface area contributed by atoms with Crippen molar-refractivity contribution in [2.24, 2.45) is 5.92 Å². The van der Waals surface area contributed by atoms with Crippen molar-refractivity contribution in [3.8, 4) is 0 Å². The van der Waals surface area contributed by atoms with Crippen LogP contribution in [0, 0.1) is 26.7 Å². The van der Waals surface area contributed by atoms with Gasteiger partial charge in [0.15, 0.2) is 5.76 Å². The van der Waals surface area contributed by atoms with Crippen LogP contribution in [0.4, 0.5) is 0 Å². The van der Waals surface area contributed by atoms with Crippen LogP contribution in [-0.2, 0) is 16.4 Å². The number of hydrogen-bond donors (Lipinski definition) is 0. The molecule has 8 heteroatoms. The summed E-state index contributed by atoms with van der Waals surface area (Å²) in [6, 6.07) is 0.598. The Morgan fingerprint density at radius 3 is 2.64 bits per heavy atom. The van der Waals surface area contributed by atoms with E-state index in [-0.39, 0.29) is 4.90 Å². The Bertz CT molecular complexity index is 876. The molecule has 4 rings (SSSR count). The Balaban J connectivity index is 1.50. The molecule has 0 N–H and O–H groups in total. The average molecular weight is 364 g/mol. The van der Waals surface area contributed by atoms with Crippen molar-refractivity contribution in [1.82, 2.24) is 19.0 Å². The number of aromatic nitrogens is 3. The fourth-order valence-electron chi connectivity index (χ4n) is 3.89. The summed E-state index contributed by atoms with van der Waals surface area (Å²) in [5, 5.41) is 3.79. The number of imidazole rings is 1. The van der Waals surface area contributed by atoms with E-state index in [1.165, 1.54) is 18.5 Å². The first-order chi connectivity index (χ1) is 11.9. The van der Waals surface area contributed by atoms with E-state index in [1.807, 2.05) is 6.20 Å². The highest BCUT2D eigenvalue weighted by Gasteiger charge is 2.37. The molecular formula is C17H24N4O3S. The molecule has 2 aliphatic rings. The minimum absolute atomic E-state index is 0.225. The smallest absolute Gasteiger partial charge is 0.248 e. The molecule has 0 aromatic carbocycles. The second-order valence-corrected chi connectivity index (χ2v) is 9.17. The zero-order valence-electron chi connectivity index (χ0n) is 14.9. The van der Waals surface area contributed by atoms with Gasteiger partial charge in [0.1, 0.15) is 16.4 Å². The molecule has 25 heavy (non-hydrogen) atoms. The lowest BCUT2D eigenvalue weighted by Gasteiger charge is -2.17. The summed E-state index contributed by atoms with van der Waals surface area (Å²) in [4.78, 5) is 4.80. The molecular weight excluding hydrogens is 340 g/mol. The van der Waals surface area contributed by atoms with Crippen LogP contribution in [-0.4, -0.2) is 40.5 Å². The largest absolute Gasteiger partial charge is 0.360 e. The predicted molar refractivity (Wildman–Crippen MR) is 91.8 cm³/mol. The summed E-state index contributed by atoms with van der Waals surface area (Å²) in [6.45, 7) is 6.49. The molecule has 1 saturated carbocycles. The van der Waals surface area contributed by atoms with Gasteiger partial charge in [-0.25, -0.2) is 13.4 Å². The fraction of sp³-hybridized carbons (Fsp3) is 0.647. The number of rotatable bonds is 5. The van der Waals surface area contributed by atoms with Crippen molar-refractivity contribution >= 4 is 10.0 Å². The Kier molecular flexibility index (Phi) is 3.99. The first kappa shape index (κ1) is 16.8. The molecule has 2 fully saturated rings. The van der Waals surface area contributed by atoms with Gasteiger partial charge in [-0.15, -0.1) is 0 Å². The number of aryl methyl sites for hydroxylation is 3. The van der Waals surface area contributed by atoms with Crippen molar-refractivity contribution in [3.05, 3.63) is 29.2 Å². The Hall–Kier alpha value is -1.67. The molecule has 7 nitrogen and oxygen atoms in total. The summed E-state index contributed by atoms with van der Waals surface area (Å²) in [5.41, 5.74) is 1.64. The summed E-state index contributed by atoms with van der Waals surface area (Å²) in [6.07, 6.45) is 6.07. The van der Waals surface area contributed by atoms with E-state index >= 15 is 0 Å². The quantitative estimate of drug-likeness (QED) is 0.814. The predicted octanol–water partition coefficient (Wildman–Crippen LogP) is 2.38. The maximum Gasteiger partial charge on any atom is 0.248 e. The zero-order chi connectivity index (χ0) is 17.8. The molecule has 136 valence electrons. The molecule has 2 aromatic rings. The van der Waals surface area contributed by atoms with E-state index in [2.05, 4.69) is 21.6 Å². The number of hydrogen-bond acceptors (Lipinski definition) is 5. The molecule has 1 atom stereocenters. The van der Waals surface area contributed by atoms with Gasteiger partial charge in [0.25, 0.3) is 0 Å². The van der Waals surface area contributed by atoms with Crippen LogP contribution in [0.15, 0.2) is 15.6 Å². The molecule has 1 aliphatic heterocycles. The standard InChI is InChI=1S/C17H24N4O3S/c1-11-9-18-16(21(11)15-4-5-15)8-14-6-7-20(10-14)25(22,23)17-12(2)19-24-13(17)3/h9,14-15H,4-8,10H2,1-3H3. The third-order valence-electron chi connectivity index (χ3n) is 5.26. The molecule has 0 bridgehead atoms. The van der Waals surface area contributed by atoms with Crippen LogP contribution in [0.5, 0.6) is 0 Å². The van der Waals surface area contributed by atoms with Crippen LogP contribution < -0.4 is 0 Å². The topological polar surface area (TPSA) is 81.2 Å². The van der Waals surface area contributed by atoms with E-state index in [0.29, 0.717) is 36.5 Å². The highest BCUT2D eigenvalue weighted by atomic mass is 32.2. The van der Waals surface area contributed by atoms with Crippen LogP contribution >= 0.6 is 0 Å². The van der Waals surface area contributed by atoms with Gasteiger partial charge in [-0.2, -0.15) is 4.31 Å². The zero-order valence-corrected chi connectivity index (χ0v) is 15.7. The average Bonchev–Trinajstić information content (AvgIpc) is 2.98. The van der Waals surface area contributed by atoms with Crippen LogP contribution in [0.2, 0.25) is 0 Å². The monoisotopic (exact) mass is 364 g/mol. The molecule has 1 unspecified atom stereocenters. The lowest BCUT2D eigenvalue weighted by Crippen LogP contribution is -2.30. The van der Waals surface area contributed by atoms with E-state index in [9.17, 15) is 8.42 Å². The fourth-order valence-corrected chi connectivity index (χ4v) is 5.71. The molecule has 0 amide bonds. The van der Waals surface area contributed by atoms with Gasteiger partial charge in [0.05, 0.1) is 0 Å². The van der Waals surface area contributed by atoms with Crippen molar-refractivity contribution in [2.75, 3.05) is 13.1 Å². The third-order valence-corrected chi connectivity index (χ3v) is 7.37. The van der Waals surface area contributed by atoms with E-state index in [4.69, 9.17) is 4.52 Å². The van der Waals surface area contributed by atoms with Crippen molar-refractivity contribution in [2.45, 2.75) is 57.4 Å². The number of sulfonamides is 1. The van der Waals surface area contributed by atoms with Gasteiger partial charge in [0, 0.05) is 37.4 Å². The molecule has 0 radical (unpaired) electrons. The first-order valence-corrected chi connectivity index (χ1v) is 10.3. The minimum atomic E-state index is -3.54. The minimum Gasteiger partial charge on any atom is -0.360 e. The second kappa shape index (κ2) is 5.95. The lowest BCUT2D eigenvalue weighted by atomic mass is 10.0. The van der Waals surface area contributed by atoms with Crippen LogP contribution in [0.1, 0.15) is 48.3 Å². The summed E-state index contributed by atoms with van der Waals surface area (Å²) >= 11 is 0. The maximum atomic E-state index is 12.9. The lowest BCUT2D eigenvalue weighted by molar-refractivity contribution is 0.389. The van der Waals surface area contributed by atoms with Gasteiger partial charge in [-0.05, 0) is 46.0 Å². The second-order valence-electron chi connectivity index (χ2n) is 7.29. The SMILES string of the molecule is Cc1noc(C)c1S(=O)(=O)N1CCC(Cc2ncc(C)n2C2CC2)C1. The number of nitrogens with zero attached hydrogens (tertiary/aromatic N) is 4.